The fourth-order valence-electron chi connectivity index (χ4n) is 0. The molecule has 11 heteroatoms. The summed E-state index contributed by atoms with van der Waals surface area (Å²) in [6, 6.07) is 0. The maximum Gasteiger partial charge on any atom is 0.761 e. The van der Waals surface area contributed by atoms with Crippen molar-refractivity contribution in [2.24, 2.45) is 0 Å². The number of hydrogen-bond donors (Lipinski definition) is 4. The quantitative estimate of drug-likeness (QED) is 0.316. The van der Waals surface area contributed by atoms with Crippen molar-refractivity contribution < 1.29 is 28.1 Å². The van der Waals surface area contributed by atoms with Gasteiger partial charge in [-0.25, -0.2) is 0 Å². The predicted molar refractivity (Wildman–Crippen MR) is 51.6 cm³/mol. The van der Waals surface area contributed by atoms with Gasteiger partial charge >= 0.3 is 18.3 Å². The largest absolute Gasteiger partial charge is 0.761 e. The molecule has 0 aliphatic heterocycles. The Hall–Kier alpha value is 0.831. The van der Waals surface area contributed by atoms with E-state index >= 15 is 0 Å². The Labute approximate surface area is 98.1 Å². The van der Waals surface area contributed by atoms with E-state index in [2.05, 4.69) is 0 Å². The standard InChI is InChI=1S/3Al.2H2O3Si.9H/c;;;2*1-4(2)3;;;;;;;;;/h;;;2*1-2H;;;;;;;;;. The van der Waals surface area contributed by atoms with Gasteiger partial charge in [-0.05, 0) is 0 Å². The SMILES string of the molecule is O=[Si](O)O.O=[Si](O)O.[AlH3].[AlH3].[AlH3]. The molecule has 0 aromatic rings. The lowest BCUT2D eigenvalue weighted by molar-refractivity contribution is 0.328. The van der Waals surface area contributed by atoms with Gasteiger partial charge in [0.1, 0.15) is 0 Å². The summed E-state index contributed by atoms with van der Waals surface area (Å²) in [7, 11) is -6.26. The van der Waals surface area contributed by atoms with E-state index in [4.69, 9.17) is 28.1 Å². The van der Waals surface area contributed by atoms with Crippen molar-refractivity contribution in [2.75, 3.05) is 0 Å². The topological polar surface area (TPSA) is 115 Å². The third kappa shape index (κ3) is 1220. The molecule has 0 aromatic carbocycles. The van der Waals surface area contributed by atoms with E-state index < -0.39 is 18.3 Å². The summed E-state index contributed by atoms with van der Waals surface area (Å²) in [6.07, 6.45) is 0. The first-order valence-corrected chi connectivity index (χ1v) is 3.91. The zero-order valence-corrected chi connectivity index (χ0v) is 5.61. The van der Waals surface area contributed by atoms with Crippen molar-refractivity contribution in [3.63, 3.8) is 0 Å². The molecule has 0 fully saturated rings. The second-order valence-corrected chi connectivity index (χ2v) is 1.70. The number of rotatable bonds is 0. The van der Waals surface area contributed by atoms with Crippen molar-refractivity contribution in [3.8, 4) is 0 Å². The highest BCUT2D eigenvalue weighted by atomic mass is 28.3. The first-order chi connectivity index (χ1) is 3.46. The molecule has 66 valence electrons. The van der Waals surface area contributed by atoms with Gasteiger partial charge in [0.05, 0.1) is 0 Å². The Morgan fingerprint density at radius 3 is 0.636 bits per heavy atom. The van der Waals surface area contributed by atoms with Crippen LogP contribution < -0.4 is 0 Å². The molecule has 0 spiro atoms. The minimum Gasteiger partial charge on any atom is -0.511 e. The van der Waals surface area contributed by atoms with Crippen LogP contribution in [0.4, 0.5) is 0 Å². The first-order valence-electron chi connectivity index (χ1n) is 1.30. The Morgan fingerprint density at radius 1 is 0.636 bits per heavy atom. The fraction of sp³-hybridized carbons (Fsp3) is 0. The first kappa shape index (κ1) is 29.7. The molecule has 0 rings (SSSR count). The second kappa shape index (κ2) is 22.4. The molecule has 0 heterocycles. The van der Waals surface area contributed by atoms with Gasteiger partial charge in [-0.2, -0.15) is 0 Å². The molecule has 0 aliphatic rings. The van der Waals surface area contributed by atoms with E-state index in [9.17, 15) is 0 Å². The molecular weight excluding hydrogens is 233 g/mol. The molecule has 0 aliphatic carbocycles. The van der Waals surface area contributed by atoms with Crippen molar-refractivity contribution in [1.29, 1.82) is 0 Å². The van der Waals surface area contributed by atoms with Crippen molar-refractivity contribution >= 4 is 70.4 Å². The third-order valence-electron chi connectivity index (χ3n) is 0. The highest BCUT2D eigenvalue weighted by Gasteiger charge is 1.85. The summed E-state index contributed by atoms with van der Waals surface area (Å²) in [5, 5.41) is 0. The number of hydrogen-bond acceptors (Lipinski definition) is 2. The highest BCUT2D eigenvalue weighted by Crippen LogP contribution is 1.27. The van der Waals surface area contributed by atoms with Crippen LogP contribution in [0.15, 0.2) is 0 Å². The molecule has 0 amide bonds. The normalized spacial score (nSPS) is 4.36. The fourth-order valence-corrected chi connectivity index (χ4v) is 0. The van der Waals surface area contributed by atoms with Gasteiger partial charge in [0.25, 0.3) is 0 Å². The smallest absolute Gasteiger partial charge is 0.511 e. The van der Waals surface area contributed by atoms with Gasteiger partial charge < -0.3 is 19.2 Å². The van der Waals surface area contributed by atoms with Crippen LogP contribution in [0.3, 0.4) is 0 Å². The molecule has 4 N–H and O–H groups in total. The van der Waals surface area contributed by atoms with E-state index in [1.54, 1.807) is 0 Å². The Balaban J connectivity index is -0.0000000171. The van der Waals surface area contributed by atoms with E-state index in [1.807, 2.05) is 0 Å². The van der Waals surface area contributed by atoms with Gasteiger partial charge in [-0.1, -0.05) is 0 Å². The van der Waals surface area contributed by atoms with Crippen LogP contribution in [0.5, 0.6) is 0 Å². The van der Waals surface area contributed by atoms with Crippen LogP contribution in [0.2, 0.25) is 0 Å². The maximum absolute atomic E-state index is 8.74. The van der Waals surface area contributed by atoms with E-state index in [1.165, 1.54) is 0 Å². The summed E-state index contributed by atoms with van der Waals surface area (Å²) < 4.78 is 17.5. The Morgan fingerprint density at radius 2 is 0.636 bits per heavy atom. The lowest BCUT2D eigenvalue weighted by Gasteiger charge is -1.55. The van der Waals surface area contributed by atoms with E-state index in [0.29, 0.717) is 0 Å². The second-order valence-electron chi connectivity index (χ2n) is 0.565. The summed E-state index contributed by atoms with van der Waals surface area (Å²) in [5.74, 6) is 0. The summed E-state index contributed by atoms with van der Waals surface area (Å²) >= 11 is 0. The van der Waals surface area contributed by atoms with Crippen molar-refractivity contribution in [3.05, 3.63) is 0 Å². The molecule has 11 heavy (non-hydrogen) atoms. The van der Waals surface area contributed by atoms with Gasteiger partial charge in [0.2, 0.25) is 0 Å². The molecular formula is H13Al3O6Si2. The molecule has 0 unspecified atom stereocenters. The van der Waals surface area contributed by atoms with Crippen LogP contribution in [0.25, 0.3) is 0 Å². The molecule has 6 nitrogen and oxygen atoms in total. The minimum absolute atomic E-state index is 0. The Bertz CT molecular complexity index is 73.8. The van der Waals surface area contributed by atoms with E-state index in [-0.39, 0.29) is 52.1 Å². The molecule has 0 saturated heterocycles. The zero-order chi connectivity index (χ0) is 7.15. The highest BCUT2D eigenvalue weighted by molar-refractivity contribution is 6.22. The molecule has 0 radical (unpaired) electrons. The van der Waals surface area contributed by atoms with Crippen LogP contribution in [-0.2, 0) is 8.92 Å². The third-order valence-corrected chi connectivity index (χ3v) is 0. The zero-order valence-electron chi connectivity index (χ0n) is 3.61. The van der Waals surface area contributed by atoms with Crippen LogP contribution in [0, 0.1) is 0 Å². The summed E-state index contributed by atoms with van der Waals surface area (Å²) in [4.78, 5) is 28.6. The molecule has 0 saturated carbocycles. The van der Waals surface area contributed by atoms with Gasteiger partial charge in [-0.15, -0.1) is 0 Å². The van der Waals surface area contributed by atoms with Crippen LogP contribution in [-0.4, -0.2) is 89.6 Å². The molecule has 0 bridgehead atoms. The van der Waals surface area contributed by atoms with Crippen molar-refractivity contribution in [2.45, 2.75) is 0 Å². The van der Waals surface area contributed by atoms with Gasteiger partial charge in [-0.3, -0.25) is 8.92 Å². The monoisotopic (exact) mass is 246 g/mol. The average molecular weight is 246 g/mol. The Kier molecular flexibility index (Phi) is 60.7. The minimum atomic E-state index is -3.13. The average Bonchev–Trinajstić information content (AvgIpc) is 1.25. The van der Waals surface area contributed by atoms with Crippen LogP contribution in [0.1, 0.15) is 0 Å². The molecule has 0 atom stereocenters. The summed E-state index contributed by atoms with van der Waals surface area (Å²) in [5.41, 5.74) is 0. The van der Waals surface area contributed by atoms with Crippen LogP contribution >= 0.6 is 0 Å². The maximum atomic E-state index is 8.74. The van der Waals surface area contributed by atoms with Crippen molar-refractivity contribution in [1.82, 2.24) is 0 Å². The summed E-state index contributed by atoms with van der Waals surface area (Å²) in [6.45, 7) is 0. The lowest BCUT2D eigenvalue weighted by atomic mass is 15.8. The molecule has 0 aromatic heterocycles. The predicted octanol–water partition coefficient (Wildman–Crippen LogP) is -6.78. The lowest BCUT2D eigenvalue weighted by Crippen LogP contribution is -1.90. The van der Waals surface area contributed by atoms with Gasteiger partial charge in [0, 0.05) is 0 Å². The van der Waals surface area contributed by atoms with Gasteiger partial charge in [0.15, 0.2) is 52.1 Å². The van der Waals surface area contributed by atoms with E-state index in [0.717, 1.165) is 0 Å².